The standard InChI is InChI=1S/C15H26N2O/c1-3-7-13(8-4-1)16-15-17(11-12-18-15)14-9-5-2-6-10-14/h13-14H,1-12H2. The van der Waals surface area contributed by atoms with Gasteiger partial charge in [0, 0.05) is 6.04 Å². The first kappa shape index (κ1) is 12.3. The molecule has 2 aliphatic carbocycles. The Morgan fingerprint density at radius 2 is 1.56 bits per heavy atom. The Labute approximate surface area is 111 Å². The molecular formula is C15H26N2O. The van der Waals surface area contributed by atoms with Gasteiger partial charge in [-0.25, -0.2) is 4.99 Å². The zero-order chi connectivity index (χ0) is 12.2. The van der Waals surface area contributed by atoms with Crippen LogP contribution in [-0.4, -0.2) is 36.2 Å². The molecule has 1 saturated heterocycles. The van der Waals surface area contributed by atoms with Crippen molar-refractivity contribution >= 4 is 6.02 Å². The summed E-state index contributed by atoms with van der Waals surface area (Å²) in [4.78, 5) is 7.38. The highest BCUT2D eigenvalue weighted by atomic mass is 16.5. The highest BCUT2D eigenvalue weighted by Crippen LogP contribution is 2.26. The minimum atomic E-state index is 0.540. The molecule has 0 amide bonds. The molecule has 0 aromatic rings. The summed E-state index contributed by atoms with van der Waals surface area (Å²) in [7, 11) is 0. The topological polar surface area (TPSA) is 24.8 Å². The second-order valence-corrected chi connectivity index (χ2v) is 6.04. The summed E-state index contributed by atoms with van der Waals surface area (Å²) in [5, 5.41) is 0. The molecule has 0 radical (unpaired) electrons. The summed E-state index contributed by atoms with van der Waals surface area (Å²) in [6.45, 7) is 1.91. The lowest BCUT2D eigenvalue weighted by Crippen LogP contribution is -2.38. The van der Waals surface area contributed by atoms with Crippen molar-refractivity contribution in [1.82, 2.24) is 4.90 Å². The zero-order valence-corrected chi connectivity index (χ0v) is 11.4. The molecular weight excluding hydrogens is 224 g/mol. The molecule has 2 saturated carbocycles. The molecule has 3 nitrogen and oxygen atoms in total. The van der Waals surface area contributed by atoms with Gasteiger partial charge in [-0.3, -0.25) is 0 Å². The summed E-state index contributed by atoms with van der Waals surface area (Å²) >= 11 is 0. The lowest BCUT2D eigenvalue weighted by atomic mass is 9.94. The smallest absolute Gasteiger partial charge is 0.288 e. The Morgan fingerprint density at radius 3 is 2.28 bits per heavy atom. The van der Waals surface area contributed by atoms with Gasteiger partial charge >= 0.3 is 0 Å². The van der Waals surface area contributed by atoms with Crippen LogP contribution >= 0.6 is 0 Å². The van der Waals surface area contributed by atoms with Gasteiger partial charge in [-0.1, -0.05) is 38.5 Å². The van der Waals surface area contributed by atoms with Gasteiger partial charge in [-0.2, -0.15) is 0 Å². The Bertz CT molecular complexity index is 291. The number of hydrogen-bond donors (Lipinski definition) is 0. The number of rotatable bonds is 2. The van der Waals surface area contributed by atoms with E-state index in [4.69, 9.17) is 9.73 Å². The van der Waals surface area contributed by atoms with Crippen molar-refractivity contribution in [3.05, 3.63) is 0 Å². The van der Waals surface area contributed by atoms with Gasteiger partial charge in [0.2, 0.25) is 0 Å². The molecule has 0 unspecified atom stereocenters. The summed E-state index contributed by atoms with van der Waals surface area (Å²) in [5.74, 6) is 0. The molecule has 0 aromatic heterocycles. The van der Waals surface area contributed by atoms with Crippen LogP contribution in [-0.2, 0) is 4.74 Å². The van der Waals surface area contributed by atoms with Crippen LogP contribution in [0.1, 0.15) is 64.2 Å². The minimum Gasteiger partial charge on any atom is -0.463 e. The molecule has 3 heteroatoms. The lowest BCUT2D eigenvalue weighted by Gasteiger charge is -2.31. The van der Waals surface area contributed by atoms with E-state index < -0.39 is 0 Å². The molecule has 3 rings (SSSR count). The van der Waals surface area contributed by atoms with E-state index in [1.54, 1.807) is 0 Å². The third kappa shape index (κ3) is 2.81. The predicted molar refractivity (Wildman–Crippen MR) is 73.8 cm³/mol. The van der Waals surface area contributed by atoms with Crippen molar-refractivity contribution in [2.24, 2.45) is 4.99 Å². The van der Waals surface area contributed by atoms with E-state index in [9.17, 15) is 0 Å². The fraction of sp³-hybridized carbons (Fsp3) is 0.933. The van der Waals surface area contributed by atoms with E-state index in [1.807, 2.05) is 0 Å². The molecule has 1 aliphatic heterocycles. The molecule has 3 fully saturated rings. The van der Waals surface area contributed by atoms with Crippen LogP contribution in [0.25, 0.3) is 0 Å². The average Bonchev–Trinajstić information content (AvgIpc) is 2.89. The zero-order valence-electron chi connectivity index (χ0n) is 11.4. The molecule has 1 heterocycles. The summed E-state index contributed by atoms with van der Waals surface area (Å²) < 4.78 is 5.80. The van der Waals surface area contributed by atoms with Gasteiger partial charge in [0.1, 0.15) is 6.61 Å². The highest BCUT2D eigenvalue weighted by molar-refractivity contribution is 5.76. The first-order valence-electron chi connectivity index (χ1n) is 7.91. The summed E-state index contributed by atoms with van der Waals surface area (Å²) in [5.41, 5.74) is 0. The lowest BCUT2D eigenvalue weighted by molar-refractivity contribution is 0.256. The third-order valence-corrected chi connectivity index (χ3v) is 4.69. The Morgan fingerprint density at radius 1 is 0.889 bits per heavy atom. The second kappa shape index (κ2) is 5.94. The van der Waals surface area contributed by atoms with E-state index in [0.717, 1.165) is 19.2 Å². The highest BCUT2D eigenvalue weighted by Gasteiger charge is 2.30. The minimum absolute atomic E-state index is 0.540. The van der Waals surface area contributed by atoms with Crippen LogP contribution < -0.4 is 0 Å². The van der Waals surface area contributed by atoms with Gasteiger partial charge in [0.15, 0.2) is 0 Å². The van der Waals surface area contributed by atoms with Crippen LogP contribution in [0.15, 0.2) is 4.99 Å². The van der Waals surface area contributed by atoms with E-state index >= 15 is 0 Å². The molecule has 3 aliphatic rings. The Hall–Kier alpha value is -0.730. The van der Waals surface area contributed by atoms with Crippen molar-refractivity contribution in [3.63, 3.8) is 0 Å². The van der Waals surface area contributed by atoms with E-state index in [1.165, 1.54) is 64.2 Å². The van der Waals surface area contributed by atoms with Crippen molar-refractivity contribution in [1.29, 1.82) is 0 Å². The maximum absolute atomic E-state index is 5.80. The third-order valence-electron chi connectivity index (χ3n) is 4.69. The predicted octanol–water partition coefficient (Wildman–Crippen LogP) is 3.34. The number of hydrogen-bond acceptors (Lipinski definition) is 2. The molecule has 0 bridgehead atoms. The van der Waals surface area contributed by atoms with Crippen LogP contribution in [0.4, 0.5) is 0 Å². The molecule has 18 heavy (non-hydrogen) atoms. The second-order valence-electron chi connectivity index (χ2n) is 6.04. The van der Waals surface area contributed by atoms with Gasteiger partial charge < -0.3 is 9.64 Å². The molecule has 0 spiro atoms. The number of ether oxygens (including phenoxy) is 1. The van der Waals surface area contributed by atoms with E-state index in [-0.39, 0.29) is 0 Å². The number of nitrogens with zero attached hydrogens (tertiary/aromatic N) is 2. The summed E-state index contributed by atoms with van der Waals surface area (Å²) in [6.07, 6.45) is 13.5. The van der Waals surface area contributed by atoms with Gasteiger partial charge in [-0.15, -0.1) is 0 Å². The fourth-order valence-electron chi connectivity index (χ4n) is 3.62. The molecule has 0 N–H and O–H groups in total. The van der Waals surface area contributed by atoms with Gasteiger partial charge in [0.25, 0.3) is 6.02 Å². The van der Waals surface area contributed by atoms with Crippen LogP contribution in [0.2, 0.25) is 0 Å². The van der Waals surface area contributed by atoms with Crippen molar-refractivity contribution in [3.8, 4) is 0 Å². The Kier molecular flexibility index (Phi) is 4.06. The van der Waals surface area contributed by atoms with E-state index in [2.05, 4.69) is 4.90 Å². The monoisotopic (exact) mass is 250 g/mol. The molecule has 0 aromatic carbocycles. The summed E-state index contributed by atoms with van der Waals surface area (Å²) in [6, 6.07) is 2.23. The average molecular weight is 250 g/mol. The largest absolute Gasteiger partial charge is 0.463 e. The van der Waals surface area contributed by atoms with Crippen molar-refractivity contribution in [2.45, 2.75) is 76.3 Å². The van der Waals surface area contributed by atoms with Crippen molar-refractivity contribution < 1.29 is 4.74 Å². The number of aliphatic imine (C=N–C) groups is 1. The normalized spacial score (nSPS) is 29.8. The molecule has 102 valence electrons. The van der Waals surface area contributed by atoms with Gasteiger partial charge in [-0.05, 0) is 25.7 Å². The first-order chi connectivity index (χ1) is 8.93. The van der Waals surface area contributed by atoms with Crippen LogP contribution in [0.3, 0.4) is 0 Å². The van der Waals surface area contributed by atoms with Gasteiger partial charge in [0.05, 0.1) is 12.6 Å². The quantitative estimate of drug-likeness (QED) is 0.751. The van der Waals surface area contributed by atoms with Crippen LogP contribution in [0.5, 0.6) is 0 Å². The maximum atomic E-state index is 5.80. The van der Waals surface area contributed by atoms with Crippen molar-refractivity contribution in [2.75, 3.05) is 13.2 Å². The molecule has 0 atom stereocenters. The fourth-order valence-corrected chi connectivity index (χ4v) is 3.62. The van der Waals surface area contributed by atoms with Crippen LogP contribution in [0, 0.1) is 0 Å². The maximum Gasteiger partial charge on any atom is 0.288 e. The van der Waals surface area contributed by atoms with E-state index in [0.29, 0.717) is 12.1 Å². The SMILES string of the molecule is C1CCC(N=C2OCCN2C2CCCCC2)CC1. The number of amidine groups is 1. The first-order valence-corrected chi connectivity index (χ1v) is 7.91. The Balaban J connectivity index is 1.63.